The monoisotopic (exact) mass is 256 g/mol. The highest BCUT2D eigenvalue weighted by molar-refractivity contribution is 5.32. The molecule has 0 bridgehead atoms. The molecule has 1 saturated carbocycles. The number of hydrogen-bond acceptors (Lipinski definition) is 2. The van der Waals surface area contributed by atoms with Crippen LogP contribution >= 0.6 is 0 Å². The molecule has 0 spiro atoms. The third-order valence-corrected chi connectivity index (χ3v) is 4.23. The number of rotatable bonds is 4. The van der Waals surface area contributed by atoms with Crippen molar-refractivity contribution in [3.63, 3.8) is 0 Å². The van der Waals surface area contributed by atoms with Crippen molar-refractivity contribution >= 4 is 0 Å². The third kappa shape index (κ3) is 4.36. The molecule has 0 saturated heterocycles. The lowest BCUT2D eigenvalue weighted by molar-refractivity contribution is 0.403. The van der Waals surface area contributed by atoms with Crippen LogP contribution in [0.4, 0.5) is 0 Å². The standard InChI is InChI=1S/C17H24N2/c1-14(17-10-8-15(12-18)9-11-17)19-13-16-6-4-2-3-5-7-16/h8-11,14,16,19H,2-7,13H2,1H3. The Balaban J connectivity index is 1.82. The van der Waals surface area contributed by atoms with E-state index in [4.69, 9.17) is 5.26 Å². The Morgan fingerprint density at radius 3 is 2.37 bits per heavy atom. The van der Waals surface area contributed by atoms with E-state index in [0.29, 0.717) is 6.04 Å². The largest absolute Gasteiger partial charge is 0.310 e. The highest BCUT2D eigenvalue weighted by atomic mass is 14.9. The van der Waals surface area contributed by atoms with Gasteiger partial charge in [0.15, 0.2) is 0 Å². The van der Waals surface area contributed by atoms with Crippen LogP contribution in [0.15, 0.2) is 24.3 Å². The van der Waals surface area contributed by atoms with Crippen LogP contribution in [0, 0.1) is 17.2 Å². The first-order valence-corrected chi connectivity index (χ1v) is 7.53. The molecule has 2 nitrogen and oxygen atoms in total. The molecule has 1 unspecified atom stereocenters. The molecular formula is C17H24N2. The first-order chi connectivity index (χ1) is 9.29. The Morgan fingerprint density at radius 1 is 1.16 bits per heavy atom. The van der Waals surface area contributed by atoms with Crippen molar-refractivity contribution in [2.45, 2.75) is 51.5 Å². The number of benzene rings is 1. The van der Waals surface area contributed by atoms with Gasteiger partial charge < -0.3 is 5.32 Å². The fraction of sp³-hybridized carbons (Fsp3) is 0.588. The highest BCUT2D eigenvalue weighted by Gasteiger charge is 2.13. The van der Waals surface area contributed by atoms with Crippen molar-refractivity contribution in [1.29, 1.82) is 5.26 Å². The van der Waals surface area contributed by atoms with Gasteiger partial charge in [-0.3, -0.25) is 0 Å². The molecule has 2 heteroatoms. The minimum absolute atomic E-state index is 0.371. The van der Waals surface area contributed by atoms with Gasteiger partial charge in [-0.15, -0.1) is 0 Å². The van der Waals surface area contributed by atoms with E-state index in [0.717, 1.165) is 18.0 Å². The van der Waals surface area contributed by atoms with Gasteiger partial charge in [-0.1, -0.05) is 37.8 Å². The second-order valence-electron chi connectivity index (χ2n) is 5.72. The fourth-order valence-electron chi connectivity index (χ4n) is 2.88. The summed E-state index contributed by atoms with van der Waals surface area (Å²) in [4.78, 5) is 0. The summed E-state index contributed by atoms with van der Waals surface area (Å²) >= 11 is 0. The van der Waals surface area contributed by atoms with Gasteiger partial charge in [-0.2, -0.15) is 5.26 Å². The average Bonchev–Trinajstić information content (AvgIpc) is 2.73. The Kier molecular flexibility index (Phi) is 5.42. The van der Waals surface area contributed by atoms with Gasteiger partial charge in [-0.05, 0) is 49.9 Å². The van der Waals surface area contributed by atoms with Crippen molar-refractivity contribution in [2.75, 3.05) is 6.54 Å². The minimum atomic E-state index is 0.371. The van der Waals surface area contributed by atoms with Crippen molar-refractivity contribution < 1.29 is 0 Å². The normalized spacial score (nSPS) is 18.5. The zero-order valence-corrected chi connectivity index (χ0v) is 11.9. The number of nitrogens with one attached hydrogen (secondary N) is 1. The summed E-state index contributed by atoms with van der Waals surface area (Å²) < 4.78 is 0. The van der Waals surface area contributed by atoms with E-state index in [-0.39, 0.29) is 0 Å². The minimum Gasteiger partial charge on any atom is -0.310 e. The molecule has 1 aromatic carbocycles. The van der Waals surface area contributed by atoms with Crippen LogP contribution in [0.3, 0.4) is 0 Å². The van der Waals surface area contributed by atoms with Crippen LogP contribution in [-0.4, -0.2) is 6.54 Å². The third-order valence-electron chi connectivity index (χ3n) is 4.23. The molecule has 0 radical (unpaired) electrons. The SMILES string of the molecule is CC(NCC1CCCCCC1)c1ccc(C#N)cc1. The average molecular weight is 256 g/mol. The van der Waals surface area contributed by atoms with Gasteiger partial charge in [0.25, 0.3) is 0 Å². The van der Waals surface area contributed by atoms with Crippen LogP contribution in [0.2, 0.25) is 0 Å². The van der Waals surface area contributed by atoms with Gasteiger partial charge in [-0.25, -0.2) is 0 Å². The van der Waals surface area contributed by atoms with Crippen molar-refractivity contribution in [2.24, 2.45) is 5.92 Å². The molecule has 0 aromatic heterocycles. The first-order valence-electron chi connectivity index (χ1n) is 7.53. The van der Waals surface area contributed by atoms with E-state index in [9.17, 15) is 0 Å². The van der Waals surface area contributed by atoms with Crippen LogP contribution in [0.1, 0.15) is 62.6 Å². The zero-order valence-electron chi connectivity index (χ0n) is 11.9. The maximum absolute atomic E-state index is 8.80. The molecule has 0 amide bonds. The number of nitrogens with zero attached hydrogens (tertiary/aromatic N) is 1. The summed E-state index contributed by atoms with van der Waals surface area (Å²) in [5, 5.41) is 12.5. The van der Waals surface area contributed by atoms with E-state index >= 15 is 0 Å². The molecule has 1 atom stereocenters. The van der Waals surface area contributed by atoms with E-state index in [1.165, 1.54) is 44.1 Å². The van der Waals surface area contributed by atoms with Gasteiger partial charge in [0.1, 0.15) is 0 Å². The Hall–Kier alpha value is -1.33. The molecule has 1 fully saturated rings. The van der Waals surface area contributed by atoms with Gasteiger partial charge >= 0.3 is 0 Å². The molecule has 1 aliphatic carbocycles. The summed E-state index contributed by atoms with van der Waals surface area (Å²) in [5.74, 6) is 0.850. The van der Waals surface area contributed by atoms with Crippen molar-refractivity contribution in [1.82, 2.24) is 5.32 Å². The maximum atomic E-state index is 8.80. The van der Waals surface area contributed by atoms with E-state index in [1.807, 2.05) is 12.1 Å². The highest BCUT2D eigenvalue weighted by Crippen LogP contribution is 2.23. The topological polar surface area (TPSA) is 35.8 Å². The molecule has 0 heterocycles. The van der Waals surface area contributed by atoms with Crippen molar-refractivity contribution in [3.05, 3.63) is 35.4 Å². The van der Waals surface area contributed by atoms with Crippen LogP contribution in [-0.2, 0) is 0 Å². The molecule has 0 aliphatic heterocycles. The first kappa shape index (κ1) is 14.1. The lowest BCUT2D eigenvalue weighted by Gasteiger charge is -2.19. The van der Waals surface area contributed by atoms with E-state index in [2.05, 4.69) is 30.4 Å². The molecule has 102 valence electrons. The second-order valence-corrected chi connectivity index (χ2v) is 5.72. The lowest BCUT2D eigenvalue weighted by atomic mass is 9.99. The van der Waals surface area contributed by atoms with Gasteiger partial charge in [0, 0.05) is 6.04 Å². The molecule has 1 N–H and O–H groups in total. The Bertz CT molecular complexity index is 408. The summed E-state index contributed by atoms with van der Waals surface area (Å²) in [6, 6.07) is 10.5. The summed E-state index contributed by atoms with van der Waals surface area (Å²) in [7, 11) is 0. The molecule has 2 rings (SSSR count). The molecule has 19 heavy (non-hydrogen) atoms. The van der Waals surface area contributed by atoms with E-state index in [1.54, 1.807) is 0 Å². The number of nitriles is 1. The molecule has 1 aliphatic rings. The quantitative estimate of drug-likeness (QED) is 0.820. The van der Waals surface area contributed by atoms with Gasteiger partial charge in [0.05, 0.1) is 11.6 Å². The number of hydrogen-bond donors (Lipinski definition) is 1. The summed E-state index contributed by atoms with van der Waals surface area (Å²) in [5.41, 5.74) is 2.01. The molecular weight excluding hydrogens is 232 g/mol. The van der Waals surface area contributed by atoms with Crippen LogP contribution in [0.25, 0.3) is 0 Å². The Morgan fingerprint density at radius 2 is 1.79 bits per heavy atom. The van der Waals surface area contributed by atoms with Crippen LogP contribution < -0.4 is 5.32 Å². The van der Waals surface area contributed by atoms with Crippen LogP contribution in [0.5, 0.6) is 0 Å². The lowest BCUT2D eigenvalue weighted by Crippen LogP contribution is -2.25. The van der Waals surface area contributed by atoms with Crippen molar-refractivity contribution in [3.8, 4) is 6.07 Å². The Labute approximate surface area is 116 Å². The maximum Gasteiger partial charge on any atom is 0.0991 e. The second kappa shape index (κ2) is 7.31. The molecule has 1 aromatic rings. The summed E-state index contributed by atoms with van der Waals surface area (Å²) in [6.07, 6.45) is 8.40. The predicted molar refractivity (Wildman–Crippen MR) is 78.8 cm³/mol. The predicted octanol–water partition coefficient (Wildman–Crippen LogP) is 4.18. The smallest absolute Gasteiger partial charge is 0.0991 e. The van der Waals surface area contributed by atoms with Gasteiger partial charge in [0.2, 0.25) is 0 Å². The fourth-order valence-corrected chi connectivity index (χ4v) is 2.88. The zero-order chi connectivity index (χ0) is 13.5. The van der Waals surface area contributed by atoms with E-state index < -0.39 is 0 Å². The summed E-state index contributed by atoms with van der Waals surface area (Å²) in [6.45, 7) is 3.33.